The number of rotatable bonds is 11. The maximum atomic E-state index is 14.7. The highest BCUT2D eigenvalue weighted by Gasteiger charge is 2.53. The van der Waals surface area contributed by atoms with Crippen LogP contribution in [0.15, 0.2) is 42.5 Å². The van der Waals surface area contributed by atoms with E-state index in [9.17, 15) is 32.7 Å². The highest BCUT2D eigenvalue weighted by molar-refractivity contribution is 6.34. The average Bonchev–Trinajstić information content (AvgIpc) is 3.74. The van der Waals surface area contributed by atoms with Crippen LogP contribution in [0.2, 0.25) is 5.02 Å². The van der Waals surface area contributed by atoms with Crippen molar-refractivity contribution in [3.05, 3.63) is 58.7 Å². The molecule has 2 saturated heterocycles. The summed E-state index contributed by atoms with van der Waals surface area (Å²) in [5, 5.41) is 17.7. The molecule has 0 bridgehead atoms. The molecule has 15 heteroatoms. The highest BCUT2D eigenvalue weighted by atomic mass is 35.5. The smallest absolute Gasteiger partial charge is 0.401 e. The molecule has 270 valence electrons. The summed E-state index contributed by atoms with van der Waals surface area (Å²) in [5.74, 6) is -3.57. The molecule has 0 spiro atoms. The van der Waals surface area contributed by atoms with Gasteiger partial charge in [-0.1, -0.05) is 35.9 Å². The first-order valence-electron chi connectivity index (χ1n) is 17.1. The number of hydrogen-bond donors (Lipinski definition) is 2. The van der Waals surface area contributed by atoms with E-state index in [-0.39, 0.29) is 49.1 Å². The summed E-state index contributed by atoms with van der Waals surface area (Å²) >= 11 is 6.67. The molecule has 2 aromatic carbocycles. The third-order valence-corrected chi connectivity index (χ3v) is 10.4. The maximum Gasteiger partial charge on any atom is 0.401 e. The summed E-state index contributed by atoms with van der Waals surface area (Å²) in [4.78, 5) is 44.8. The normalized spacial score (nSPS) is 22.4. The molecule has 1 amide bonds. The van der Waals surface area contributed by atoms with Crippen LogP contribution < -0.4 is 5.32 Å². The number of nitrogens with zero attached hydrogens (tertiary/aromatic N) is 5. The first-order valence-corrected chi connectivity index (χ1v) is 17.5. The summed E-state index contributed by atoms with van der Waals surface area (Å²) in [6.07, 6.45) is -1.39. The number of ketones is 1. The van der Waals surface area contributed by atoms with Crippen molar-refractivity contribution in [1.29, 1.82) is 0 Å². The van der Waals surface area contributed by atoms with Crippen molar-refractivity contribution in [2.45, 2.75) is 63.1 Å². The standard InChI is InChI=1S/C35H42ClF3N6O5/c1-42-29-7-3-2-6-26(29)31(41-42)32(47)40-28-13-8-23(20-27(28)36)21-30(46)35(44-14-4-5-15-44,50-25-11-9-24(10-12-25)33(48)49)45-18-16-43(17-19-45)22-34(37,38)39/h2-3,6-8,13,20,24-25H,4-5,9-12,14-19,21-22H2,1H3,(H,40,47)(H,48,49)/t24-,25-,35?. The number of anilines is 1. The van der Waals surface area contributed by atoms with Crippen molar-refractivity contribution in [3.8, 4) is 0 Å². The van der Waals surface area contributed by atoms with E-state index in [0.717, 1.165) is 18.4 Å². The Balaban J connectivity index is 1.24. The van der Waals surface area contributed by atoms with E-state index >= 15 is 0 Å². The molecule has 1 unspecified atom stereocenters. The van der Waals surface area contributed by atoms with E-state index in [4.69, 9.17) is 16.3 Å². The average molecular weight is 719 g/mol. The van der Waals surface area contributed by atoms with Gasteiger partial charge in [0.25, 0.3) is 5.91 Å². The molecule has 2 aliphatic heterocycles. The number of carbonyl (C=O) groups excluding carboxylic acids is 2. The quantitative estimate of drug-likeness (QED) is 0.277. The van der Waals surface area contributed by atoms with Crippen molar-refractivity contribution in [3.63, 3.8) is 0 Å². The predicted molar refractivity (Wildman–Crippen MR) is 181 cm³/mol. The highest BCUT2D eigenvalue weighted by Crippen LogP contribution is 2.37. The molecule has 6 rings (SSSR count). The van der Waals surface area contributed by atoms with E-state index in [1.54, 1.807) is 29.9 Å². The van der Waals surface area contributed by atoms with Crippen molar-refractivity contribution >= 4 is 45.9 Å². The first-order chi connectivity index (χ1) is 23.8. The number of carbonyl (C=O) groups is 3. The molecule has 3 aromatic rings. The van der Waals surface area contributed by atoms with E-state index in [2.05, 4.69) is 10.4 Å². The van der Waals surface area contributed by atoms with Crippen LogP contribution in [0.1, 0.15) is 54.6 Å². The lowest BCUT2D eigenvalue weighted by Crippen LogP contribution is -2.71. The Morgan fingerprint density at radius 1 is 0.960 bits per heavy atom. The third-order valence-electron chi connectivity index (χ3n) is 10.1. The van der Waals surface area contributed by atoms with Gasteiger partial charge in [-0.25, -0.2) is 0 Å². The van der Waals surface area contributed by atoms with Gasteiger partial charge in [0.15, 0.2) is 11.5 Å². The number of likely N-dealkylation sites (tertiary alicyclic amines) is 1. The van der Waals surface area contributed by atoms with E-state index < -0.39 is 42.5 Å². The summed E-state index contributed by atoms with van der Waals surface area (Å²) in [6, 6.07) is 12.3. The van der Waals surface area contributed by atoms with Gasteiger partial charge in [0.2, 0.25) is 5.85 Å². The Bertz CT molecular complexity index is 1710. The number of aliphatic carboxylic acids is 1. The van der Waals surface area contributed by atoms with Gasteiger partial charge in [-0.15, -0.1) is 0 Å². The van der Waals surface area contributed by atoms with Crippen LogP contribution in [0.3, 0.4) is 0 Å². The Kier molecular flexibility index (Phi) is 10.8. The minimum absolute atomic E-state index is 0.0808. The van der Waals surface area contributed by atoms with Gasteiger partial charge in [-0.3, -0.25) is 33.8 Å². The monoisotopic (exact) mass is 718 g/mol. The van der Waals surface area contributed by atoms with Crippen molar-refractivity contribution < 1.29 is 37.4 Å². The molecular weight excluding hydrogens is 677 g/mol. The largest absolute Gasteiger partial charge is 0.481 e. The van der Waals surface area contributed by atoms with Crippen LogP contribution in [0.5, 0.6) is 0 Å². The molecule has 3 fully saturated rings. The number of hydrogen-bond acceptors (Lipinski definition) is 8. The number of Topliss-reactive ketones (excluding diaryl/α,β-unsaturated/α-hetero) is 1. The molecule has 1 atom stereocenters. The number of aryl methyl sites for hydroxylation is 1. The van der Waals surface area contributed by atoms with Gasteiger partial charge >= 0.3 is 12.1 Å². The Hall–Kier alpha value is -3.56. The van der Waals surface area contributed by atoms with Gasteiger partial charge in [0, 0.05) is 58.1 Å². The fourth-order valence-electron chi connectivity index (χ4n) is 7.54. The molecule has 3 aliphatic rings. The maximum absolute atomic E-state index is 14.7. The van der Waals surface area contributed by atoms with Crippen LogP contribution in [-0.4, -0.2) is 111 Å². The minimum Gasteiger partial charge on any atom is -0.481 e. The fourth-order valence-corrected chi connectivity index (χ4v) is 7.79. The second kappa shape index (κ2) is 15.0. The second-order valence-corrected chi connectivity index (χ2v) is 13.9. The predicted octanol–water partition coefficient (Wildman–Crippen LogP) is 5.18. The number of carboxylic acid groups (broad SMARTS) is 1. The van der Waals surface area contributed by atoms with E-state index in [1.807, 2.05) is 34.1 Å². The third kappa shape index (κ3) is 7.84. The van der Waals surface area contributed by atoms with E-state index in [0.29, 0.717) is 55.4 Å². The Morgan fingerprint density at radius 2 is 1.62 bits per heavy atom. The number of amides is 1. The molecule has 50 heavy (non-hydrogen) atoms. The fraction of sp³-hybridized carbons (Fsp3) is 0.543. The lowest BCUT2D eigenvalue weighted by molar-refractivity contribution is -0.262. The first kappa shape index (κ1) is 36.2. The lowest BCUT2D eigenvalue weighted by atomic mass is 9.87. The molecule has 2 N–H and O–H groups in total. The molecular formula is C35H42ClF3N6O5. The van der Waals surface area contributed by atoms with Gasteiger partial charge in [-0.05, 0) is 62.3 Å². The Labute approximate surface area is 293 Å². The topological polar surface area (TPSA) is 120 Å². The number of nitrogens with one attached hydrogen (secondary N) is 1. The van der Waals surface area contributed by atoms with E-state index in [1.165, 1.54) is 4.90 Å². The summed E-state index contributed by atoms with van der Waals surface area (Å²) < 4.78 is 48.2. The van der Waals surface area contributed by atoms with Crippen LogP contribution >= 0.6 is 11.6 Å². The van der Waals surface area contributed by atoms with Gasteiger partial charge in [-0.2, -0.15) is 18.3 Å². The molecule has 0 radical (unpaired) electrons. The minimum atomic E-state index is -4.33. The number of alkyl halides is 3. The van der Waals surface area contributed by atoms with Gasteiger partial charge in [0.1, 0.15) is 0 Å². The number of ether oxygens (including phenoxy) is 1. The summed E-state index contributed by atoms with van der Waals surface area (Å²) in [7, 11) is 1.76. The number of carboxylic acids is 1. The van der Waals surface area contributed by atoms with Gasteiger partial charge < -0.3 is 15.2 Å². The zero-order valence-corrected chi connectivity index (χ0v) is 28.7. The zero-order valence-electron chi connectivity index (χ0n) is 27.9. The summed E-state index contributed by atoms with van der Waals surface area (Å²) in [6.45, 7) is 0.739. The van der Waals surface area contributed by atoms with Crippen LogP contribution in [0, 0.1) is 5.92 Å². The molecule has 11 nitrogen and oxygen atoms in total. The van der Waals surface area contributed by atoms with Crippen molar-refractivity contribution in [1.82, 2.24) is 24.5 Å². The number of halogens is 4. The number of fused-ring (bicyclic) bond motifs is 1. The molecule has 3 heterocycles. The second-order valence-electron chi connectivity index (χ2n) is 13.5. The van der Waals surface area contributed by atoms with Crippen molar-refractivity contribution in [2.75, 3.05) is 51.1 Å². The molecule has 1 aliphatic carbocycles. The lowest BCUT2D eigenvalue weighted by Gasteiger charge is -2.52. The molecule has 1 saturated carbocycles. The number of benzene rings is 2. The van der Waals surface area contributed by atoms with Crippen LogP contribution in [0.25, 0.3) is 10.9 Å². The van der Waals surface area contributed by atoms with Gasteiger partial charge in [0.05, 0.1) is 34.8 Å². The number of aromatic nitrogens is 2. The Morgan fingerprint density at radius 3 is 2.26 bits per heavy atom. The van der Waals surface area contributed by atoms with Crippen molar-refractivity contribution in [2.24, 2.45) is 13.0 Å². The molecule has 1 aromatic heterocycles. The number of para-hydroxylation sites is 1. The van der Waals surface area contributed by atoms with Crippen LogP contribution in [-0.2, 0) is 27.8 Å². The SMILES string of the molecule is Cn1nc(C(=O)Nc2ccc(CC(=O)C(O[C@H]3CC[C@H](C(=O)O)CC3)(N3CCCC3)N3CCN(CC(F)(F)F)CC3)cc2Cl)c2ccccc21. The zero-order chi connectivity index (χ0) is 35.6. The summed E-state index contributed by atoms with van der Waals surface area (Å²) in [5.41, 5.74) is 1.98. The number of piperazine rings is 1. The van der Waals surface area contributed by atoms with Crippen LogP contribution in [0.4, 0.5) is 18.9 Å².